The van der Waals surface area contributed by atoms with Gasteiger partial charge in [-0.3, -0.25) is 9.59 Å². The van der Waals surface area contributed by atoms with Crippen LogP contribution >= 0.6 is 11.3 Å². The highest BCUT2D eigenvalue weighted by atomic mass is 32.1. The van der Waals surface area contributed by atoms with E-state index in [4.69, 9.17) is 4.74 Å². The number of fused-ring (bicyclic) bond motifs is 1. The third kappa shape index (κ3) is 2.97. The third-order valence-corrected chi connectivity index (χ3v) is 4.15. The van der Waals surface area contributed by atoms with Gasteiger partial charge in [0, 0.05) is 6.42 Å². The van der Waals surface area contributed by atoms with Crippen LogP contribution in [0, 0.1) is 0 Å². The van der Waals surface area contributed by atoms with E-state index in [9.17, 15) is 9.59 Å². The molecule has 1 saturated heterocycles. The lowest BCUT2D eigenvalue weighted by atomic mass is 10.2. The molecule has 1 atom stereocenters. The number of hydrogen-bond donors (Lipinski definition) is 2. The van der Waals surface area contributed by atoms with Gasteiger partial charge < -0.3 is 15.4 Å². The Morgan fingerprint density at radius 1 is 1.57 bits per heavy atom. The molecule has 0 spiro atoms. The maximum absolute atomic E-state index is 12.0. The van der Waals surface area contributed by atoms with Crippen LogP contribution in [0.2, 0.25) is 0 Å². The smallest absolute Gasteiger partial charge is 0.248 e. The first-order chi connectivity index (χ1) is 10.2. The van der Waals surface area contributed by atoms with Crippen molar-refractivity contribution in [2.24, 2.45) is 0 Å². The van der Waals surface area contributed by atoms with Crippen molar-refractivity contribution in [3.05, 3.63) is 18.2 Å². The van der Waals surface area contributed by atoms with E-state index in [0.29, 0.717) is 24.6 Å². The molecule has 7 heteroatoms. The van der Waals surface area contributed by atoms with Gasteiger partial charge in [-0.25, -0.2) is 4.98 Å². The highest BCUT2D eigenvalue weighted by Crippen LogP contribution is 2.29. The van der Waals surface area contributed by atoms with Crippen molar-refractivity contribution in [3.63, 3.8) is 0 Å². The average Bonchev–Trinajstić information content (AvgIpc) is 3.04. The summed E-state index contributed by atoms with van der Waals surface area (Å²) in [6.45, 7) is 2.54. The number of carbonyl (C=O) groups is 2. The lowest BCUT2D eigenvalue weighted by molar-refractivity contribution is -0.122. The van der Waals surface area contributed by atoms with Crippen LogP contribution in [0.25, 0.3) is 10.2 Å². The zero-order chi connectivity index (χ0) is 14.8. The van der Waals surface area contributed by atoms with Crippen LogP contribution in [0.5, 0.6) is 5.75 Å². The Bertz CT molecular complexity index is 698. The SMILES string of the molecule is CCOc1ccc2nc(NC(=O)[C@H]3CCC(=O)N3)sc2c1. The van der Waals surface area contributed by atoms with Crippen LogP contribution in [-0.4, -0.2) is 29.4 Å². The van der Waals surface area contributed by atoms with Crippen molar-refractivity contribution in [3.8, 4) is 5.75 Å². The first kappa shape index (κ1) is 13.8. The van der Waals surface area contributed by atoms with Crippen LogP contribution in [0.3, 0.4) is 0 Å². The Morgan fingerprint density at radius 2 is 2.43 bits per heavy atom. The normalized spacial score (nSPS) is 17.8. The van der Waals surface area contributed by atoms with E-state index in [0.717, 1.165) is 16.0 Å². The van der Waals surface area contributed by atoms with Gasteiger partial charge in [0.25, 0.3) is 0 Å². The zero-order valence-corrected chi connectivity index (χ0v) is 12.3. The number of rotatable bonds is 4. The van der Waals surface area contributed by atoms with Crippen LogP contribution in [0.4, 0.5) is 5.13 Å². The predicted molar refractivity (Wildman–Crippen MR) is 80.6 cm³/mol. The van der Waals surface area contributed by atoms with E-state index >= 15 is 0 Å². The summed E-state index contributed by atoms with van der Waals surface area (Å²) in [4.78, 5) is 27.5. The average molecular weight is 305 g/mol. The number of anilines is 1. The molecule has 0 bridgehead atoms. The quantitative estimate of drug-likeness (QED) is 0.904. The number of ether oxygens (including phenoxy) is 1. The number of nitrogens with zero attached hydrogens (tertiary/aromatic N) is 1. The topological polar surface area (TPSA) is 80.3 Å². The van der Waals surface area contributed by atoms with Gasteiger partial charge in [-0.2, -0.15) is 0 Å². The van der Waals surface area contributed by atoms with E-state index in [-0.39, 0.29) is 11.8 Å². The van der Waals surface area contributed by atoms with Gasteiger partial charge in [0.1, 0.15) is 11.8 Å². The fourth-order valence-corrected chi connectivity index (χ4v) is 3.12. The molecule has 1 aromatic heterocycles. The molecule has 1 aliphatic heterocycles. The van der Waals surface area contributed by atoms with Crippen molar-refractivity contribution in [2.45, 2.75) is 25.8 Å². The second kappa shape index (κ2) is 5.69. The minimum absolute atomic E-state index is 0.0826. The van der Waals surface area contributed by atoms with Crippen LogP contribution < -0.4 is 15.4 Å². The summed E-state index contributed by atoms with van der Waals surface area (Å²) >= 11 is 1.39. The van der Waals surface area contributed by atoms with Gasteiger partial charge in [0.05, 0.1) is 16.8 Å². The predicted octanol–water partition coefficient (Wildman–Crippen LogP) is 1.91. The van der Waals surface area contributed by atoms with Crippen LogP contribution in [-0.2, 0) is 9.59 Å². The van der Waals surface area contributed by atoms with Crippen molar-refractivity contribution in [2.75, 3.05) is 11.9 Å². The Labute approximate surface area is 125 Å². The van der Waals surface area contributed by atoms with Gasteiger partial charge >= 0.3 is 0 Å². The molecular weight excluding hydrogens is 290 g/mol. The van der Waals surface area contributed by atoms with Gasteiger partial charge in [0.15, 0.2) is 5.13 Å². The maximum Gasteiger partial charge on any atom is 0.248 e. The fraction of sp³-hybridized carbons (Fsp3) is 0.357. The molecule has 1 aromatic carbocycles. The van der Waals surface area contributed by atoms with Crippen molar-refractivity contribution >= 4 is 38.5 Å². The molecule has 1 fully saturated rings. The summed E-state index contributed by atoms with van der Waals surface area (Å²) < 4.78 is 6.39. The van der Waals surface area contributed by atoms with Crippen molar-refractivity contribution in [1.29, 1.82) is 0 Å². The molecule has 110 valence electrons. The molecule has 2 heterocycles. The number of aromatic nitrogens is 1. The van der Waals surface area contributed by atoms with Crippen molar-refractivity contribution in [1.82, 2.24) is 10.3 Å². The molecule has 2 amide bonds. The largest absolute Gasteiger partial charge is 0.494 e. The lowest BCUT2D eigenvalue weighted by Gasteiger charge is -2.08. The molecular formula is C14H15N3O3S. The molecule has 0 unspecified atom stereocenters. The Balaban J connectivity index is 1.75. The first-order valence-corrected chi connectivity index (χ1v) is 7.61. The first-order valence-electron chi connectivity index (χ1n) is 6.79. The molecule has 2 aromatic rings. The molecule has 6 nitrogen and oxygen atoms in total. The van der Waals surface area contributed by atoms with Gasteiger partial charge in [-0.15, -0.1) is 0 Å². The lowest BCUT2D eigenvalue weighted by Crippen LogP contribution is -2.37. The standard InChI is InChI=1S/C14H15N3O3S/c1-2-20-8-3-4-9-11(7-8)21-14(16-9)17-13(19)10-5-6-12(18)15-10/h3-4,7,10H,2,5-6H2,1H3,(H,15,18)(H,16,17,19)/t10-/m1/s1. The fourth-order valence-electron chi connectivity index (χ4n) is 2.22. The molecule has 1 aliphatic rings. The Hall–Kier alpha value is -2.15. The highest BCUT2D eigenvalue weighted by molar-refractivity contribution is 7.22. The number of hydrogen-bond acceptors (Lipinski definition) is 5. The molecule has 2 N–H and O–H groups in total. The van der Waals surface area contributed by atoms with E-state index in [1.807, 2.05) is 25.1 Å². The minimum atomic E-state index is -0.455. The van der Waals surface area contributed by atoms with E-state index < -0.39 is 6.04 Å². The van der Waals surface area contributed by atoms with E-state index in [2.05, 4.69) is 15.6 Å². The summed E-state index contributed by atoms with van der Waals surface area (Å²) in [5.74, 6) is 0.486. The number of carbonyl (C=O) groups excluding carboxylic acids is 2. The van der Waals surface area contributed by atoms with Crippen LogP contribution in [0.15, 0.2) is 18.2 Å². The Morgan fingerprint density at radius 3 is 3.14 bits per heavy atom. The number of thiazole rings is 1. The number of benzene rings is 1. The van der Waals surface area contributed by atoms with E-state index in [1.54, 1.807) is 0 Å². The van der Waals surface area contributed by atoms with E-state index in [1.165, 1.54) is 11.3 Å². The minimum Gasteiger partial charge on any atom is -0.494 e. The molecule has 0 saturated carbocycles. The summed E-state index contributed by atoms with van der Waals surface area (Å²) in [5, 5.41) is 5.93. The van der Waals surface area contributed by atoms with Gasteiger partial charge in [-0.05, 0) is 31.5 Å². The van der Waals surface area contributed by atoms with Crippen LogP contribution in [0.1, 0.15) is 19.8 Å². The second-order valence-electron chi connectivity index (χ2n) is 4.73. The second-order valence-corrected chi connectivity index (χ2v) is 5.76. The van der Waals surface area contributed by atoms with Crippen molar-refractivity contribution < 1.29 is 14.3 Å². The number of nitrogens with one attached hydrogen (secondary N) is 2. The maximum atomic E-state index is 12.0. The van der Waals surface area contributed by atoms with Gasteiger partial charge in [0.2, 0.25) is 11.8 Å². The zero-order valence-electron chi connectivity index (χ0n) is 11.5. The number of amides is 2. The highest BCUT2D eigenvalue weighted by Gasteiger charge is 2.27. The van der Waals surface area contributed by atoms with Gasteiger partial charge in [-0.1, -0.05) is 11.3 Å². The summed E-state index contributed by atoms with van der Waals surface area (Å²) in [6.07, 6.45) is 0.930. The summed E-state index contributed by atoms with van der Waals surface area (Å²) in [5.41, 5.74) is 0.814. The molecule has 0 aliphatic carbocycles. The summed E-state index contributed by atoms with van der Waals surface area (Å²) in [6, 6.07) is 5.17. The molecule has 3 rings (SSSR count). The third-order valence-electron chi connectivity index (χ3n) is 3.21. The molecule has 0 radical (unpaired) electrons. The molecule has 21 heavy (non-hydrogen) atoms. The summed E-state index contributed by atoms with van der Waals surface area (Å²) in [7, 11) is 0. The Kier molecular flexibility index (Phi) is 3.74. The monoisotopic (exact) mass is 305 g/mol.